The second kappa shape index (κ2) is 7.75. The van der Waals surface area contributed by atoms with Crippen molar-refractivity contribution in [3.8, 4) is 0 Å². The number of halogens is 2. The molecule has 6 nitrogen and oxygen atoms in total. The van der Waals surface area contributed by atoms with Crippen LogP contribution in [0.1, 0.15) is 12.8 Å². The van der Waals surface area contributed by atoms with Crippen LogP contribution in [0, 0.1) is 0 Å². The zero-order chi connectivity index (χ0) is 17.0. The Bertz CT molecular complexity index is 597. The number of anilines is 1. The van der Waals surface area contributed by atoms with Crippen molar-refractivity contribution in [2.75, 3.05) is 31.6 Å². The van der Waals surface area contributed by atoms with Crippen molar-refractivity contribution in [3.05, 3.63) is 28.2 Å². The summed E-state index contributed by atoms with van der Waals surface area (Å²) in [7, 11) is 1.59. The highest BCUT2D eigenvalue weighted by Gasteiger charge is 2.25. The molecule has 0 bridgehead atoms. The van der Waals surface area contributed by atoms with Crippen LogP contribution in [0.2, 0.25) is 10.0 Å². The van der Waals surface area contributed by atoms with Gasteiger partial charge in [-0.2, -0.15) is 0 Å². The number of hydrogen-bond donors (Lipinski definition) is 2. The molecule has 1 saturated heterocycles. The molecule has 0 aromatic heterocycles. The minimum absolute atomic E-state index is 0.0178. The standard InChI is InChI=1S/C15H19Cl2N3O3/c1-19(6-5-14(21)22)15(23)18-10-4-7-20(9-10)11-2-3-12(16)13(17)8-11/h2-3,8,10H,4-7,9H2,1H3,(H,18,23)(H,21,22). The molecule has 0 saturated carbocycles. The summed E-state index contributed by atoms with van der Waals surface area (Å²) >= 11 is 11.9. The predicted octanol–water partition coefficient (Wildman–Crippen LogP) is 2.69. The van der Waals surface area contributed by atoms with E-state index in [0.29, 0.717) is 16.6 Å². The van der Waals surface area contributed by atoms with Gasteiger partial charge in [0.05, 0.1) is 16.5 Å². The Morgan fingerprint density at radius 1 is 1.39 bits per heavy atom. The number of amides is 2. The number of carbonyl (C=O) groups is 2. The number of hydrogen-bond acceptors (Lipinski definition) is 3. The van der Waals surface area contributed by atoms with Gasteiger partial charge >= 0.3 is 12.0 Å². The Hall–Kier alpha value is -1.66. The van der Waals surface area contributed by atoms with Gasteiger partial charge in [-0.05, 0) is 24.6 Å². The number of carbonyl (C=O) groups excluding carboxylic acids is 1. The van der Waals surface area contributed by atoms with Crippen LogP contribution in [-0.4, -0.2) is 54.7 Å². The molecule has 1 aromatic carbocycles. The number of benzene rings is 1. The largest absolute Gasteiger partial charge is 0.481 e. The maximum atomic E-state index is 12.0. The minimum atomic E-state index is -0.920. The SMILES string of the molecule is CN(CCC(=O)O)C(=O)NC1CCN(c2ccc(Cl)c(Cl)c2)C1. The maximum Gasteiger partial charge on any atom is 0.317 e. The Labute approximate surface area is 145 Å². The van der Waals surface area contributed by atoms with E-state index in [2.05, 4.69) is 10.2 Å². The summed E-state index contributed by atoms with van der Waals surface area (Å²) in [5, 5.41) is 12.6. The van der Waals surface area contributed by atoms with Gasteiger partial charge < -0.3 is 20.2 Å². The van der Waals surface area contributed by atoms with Crippen LogP contribution in [0.3, 0.4) is 0 Å². The molecule has 1 aliphatic rings. The number of carboxylic acid groups (broad SMARTS) is 1. The minimum Gasteiger partial charge on any atom is -0.481 e. The first-order valence-electron chi connectivity index (χ1n) is 7.30. The zero-order valence-corrected chi connectivity index (χ0v) is 14.3. The molecule has 2 amide bonds. The fourth-order valence-corrected chi connectivity index (χ4v) is 2.74. The van der Waals surface area contributed by atoms with Crippen LogP contribution in [0.4, 0.5) is 10.5 Å². The predicted molar refractivity (Wildman–Crippen MR) is 90.5 cm³/mol. The first-order chi connectivity index (χ1) is 10.9. The molecular weight excluding hydrogens is 341 g/mol. The molecule has 8 heteroatoms. The van der Waals surface area contributed by atoms with Crippen LogP contribution >= 0.6 is 23.2 Å². The summed E-state index contributed by atoms with van der Waals surface area (Å²) < 4.78 is 0. The van der Waals surface area contributed by atoms with E-state index in [0.717, 1.165) is 18.7 Å². The Balaban J connectivity index is 1.86. The third-order valence-electron chi connectivity index (χ3n) is 3.79. The van der Waals surface area contributed by atoms with Crippen molar-refractivity contribution >= 4 is 40.9 Å². The van der Waals surface area contributed by atoms with Gasteiger partial charge in [0.2, 0.25) is 0 Å². The molecule has 0 radical (unpaired) electrons. The molecule has 1 heterocycles. The van der Waals surface area contributed by atoms with Gasteiger partial charge in [-0.3, -0.25) is 4.79 Å². The van der Waals surface area contributed by atoms with E-state index < -0.39 is 5.97 Å². The summed E-state index contributed by atoms with van der Waals surface area (Å²) in [6.45, 7) is 1.67. The van der Waals surface area contributed by atoms with E-state index in [1.807, 2.05) is 12.1 Å². The normalized spacial score (nSPS) is 17.2. The molecular formula is C15H19Cl2N3O3. The van der Waals surface area contributed by atoms with E-state index in [1.165, 1.54) is 4.90 Å². The third-order valence-corrected chi connectivity index (χ3v) is 4.53. The van der Waals surface area contributed by atoms with Crippen LogP contribution in [-0.2, 0) is 4.79 Å². The molecule has 1 atom stereocenters. The van der Waals surface area contributed by atoms with Crippen molar-refractivity contribution in [1.29, 1.82) is 0 Å². The van der Waals surface area contributed by atoms with Gasteiger partial charge in [-0.15, -0.1) is 0 Å². The molecule has 23 heavy (non-hydrogen) atoms. The molecule has 1 fully saturated rings. The molecule has 0 spiro atoms. The molecule has 1 unspecified atom stereocenters. The monoisotopic (exact) mass is 359 g/mol. The number of nitrogens with one attached hydrogen (secondary N) is 1. The van der Waals surface area contributed by atoms with Crippen molar-refractivity contribution in [2.45, 2.75) is 18.9 Å². The van der Waals surface area contributed by atoms with Crippen LogP contribution in [0.25, 0.3) is 0 Å². The van der Waals surface area contributed by atoms with Crippen molar-refractivity contribution < 1.29 is 14.7 Å². The van der Waals surface area contributed by atoms with E-state index >= 15 is 0 Å². The lowest BCUT2D eigenvalue weighted by molar-refractivity contribution is -0.137. The second-order valence-corrected chi connectivity index (χ2v) is 6.36. The highest BCUT2D eigenvalue weighted by molar-refractivity contribution is 6.42. The van der Waals surface area contributed by atoms with E-state index in [4.69, 9.17) is 28.3 Å². The Morgan fingerprint density at radius 3 is 2.78 bits per heavy atom. The topological polar surface area (TPSA) is 72.9 Å². The number of nitrogens with zero attached hydrogens (tertiary/aromatic N) is 2. The van der Waals surface area contributed by atoms with E-state index in [1.54, 1.807) is 13.1 Å². The second-order valence-electron chi connectivity index (χ2n) is 5.54. The molecule has 1 aromatic rings. The average Bonchev–Trinajstić information content (AvgIpc) is 2.96. The van der Waals surface area contributed by atoms with Gasteiger partial charge in [-0.25, -0.2) is 4.79 Å². The molecule has 0 aliphatic carbocycles. The molecule has 126 valence electrons. The van der Waals surface area contributed by atoms with E-state index in [9.17, 15) is 9.59 Å². The fourth-order valence-electron chi connectivity index (χ4n) is 2.44. The summed E-state index contributed by atoms with van der Waals surface area (Å²) in [6.07, 6.45) is 0.753. The summed E-state index contributed by atoms with van der Waals surface area (Å²) in [4.78, 5) is 26.1. The lowest BCUT2D eigenvalue weighted by Gasteiger charge is -2.22. The first kappa shape index (κ1) is 17.7. The van der Waals surface area contributed by atoms with Crippen molar-refractivity contribution in [3.63, 3.8) is 0 Å². The summed E-state index contributed by atoms with van der Waals surface area (Å²) in [5.41, 5.74) is 0.968. The highest BCUT2D eigenvalue weighted by Crippen LogP contribution is 2.29. The lowest BCUT2D eigenvalue weighted by Crippen LogP contribution is -2.44. The van der Waals surface area contributed by atoms with Gasteiger partial charge in [0.25, 0.3) is 0 Å². The van der Waals surface area contributed by atoms with Gasteiger partial charge in [0.15, 0.2) is 0 Å². The lowest BCUT2D eigenvalue weighted by atomic mass is 10.2. The summed E-state index contributed by atoms with van der Waals surface area (Å²) in [6, 6.07) is 5.23. The quantitative estimate of drug-likeness (QED) is 0.847. The van der Waals surface area contributed by atoms with Crippen LogP contribution in [0.5, 0.6) is 0 Å². The summed E-state index contributed by atoms with van der Waals surface area (Å²) in [5.74, 6) is -0.920. The molecule has 2 N–H and O–H groups in total. The zero-order valence-electron chi connectivity index (χ0n) is 12.8. The van der Waals surface area contributed by atoms with E-state index in [-0.39, 0.29) is 25.0 Å². The maximum absolute atomic E-state index is 12.0. The fraction of sp³-hybridized carbons (Fsp3) is 0.467. The van der Waals surface area contributed by atoms with Gasteiger partial charge in [0.1, 0.15) is 0 Å². The highest BCUT2D eigenvalue weighted by atomic mass is 35.5. The first-order valence-corrected chi connectivity index (χ1v) is 8.06. The molecule has 1 aliphatic heterocycles. The molecule has 2 rings (SSSR count). The van der Waals surface area contributed by atoms with Gasteiger partial charge in [0, 0.05) is 38.4 Å². The number of carboxylic acids is 1. The van der Waals surface area contributed by atoms with Crippen LogP contribution < -0.4 is 10.2 Å². The van der Waals surface area contributed by atoms with Crippen LogP contribution in [0.15, 0.2) is 18.2 Å². The van der Waals surface area contributed by atoms with Crippen molar-refractivity contribution in [1.82, 2.24) is 10.2 Å². The third kappa shape index (κ3) is 4.91. The smallest absolute Gasteiger partial charge is 0.317 e. The Kier molecular flexibility index (Phi) is 5.96. The average molecular weight is 360 g/mol. The number of aliphatic carboxylic acids is 1. The van der Waals surface area contributed by atoms with Gasteiger partial charge in [-0.1, -0.05) is 23.2 Å². The Morgan fingerprint density at radius 2 is 2.13 bits per heavy atom. The number of rotatable bonds is 5. The van der Waals surface area contributed by atoms with Crippen molar-refractivity contribution in [2.24, 2.45) is 0 Å². The number of urea groups is 1.